The number of nitrogens with one attached hydrogen (secondary N) is 1. The number of hydrogen-bond acceptors (Lipinski definition) is 5. The molecule has 1 N–H and O–H groups in total. The summed E-state index contributed by atoms with van der Waals surface area (Å²) < 4.78 is 2.43. The molecule has 0 bridgehead atoms. The molecular formula is C13H16N2S3. The van der Waals surface area contributed by atoms with Gasteiger partial charge in [0, 0.05) is 22.7 Å². The van der Waals surface area contributed by atoms with Gasteiger partial charge in [0.1, 0.15) is 0 Å². The summed E-state index contributed by atoms with van der Waals surface area (Å²) in [5, 5.41) is 4.43. The van der Waals surface area contributed by atoms with Crippen molar-refractivity contribution in [1.82, 2.24) is 4.98 Å². The highest BCUT2D eigenvalue weighted by Crippen LogP contribution is 2.32. The van der Waals surface area contributed by atoms with Gasteiger partial charge in [-0.25, -0.2) is 4.98 Å². The predicted molar refractivity (Wildman–Crippen MR) is 85.3 cm³/mol. The Labute approximate surface area is 120 Å². The number of nitrogens with zero attached hydrogens (tertiary/aromatic N) is 1. The van der Waals surface area contributed by atoms with Crippen molar-refractivity contribution >= 4 is 50.8 Å². The fraction of sp³-hybridized carbons (Fsp3) is 0.462. The lowest BCUT2D eigenvalue weighted by molar-refractivity contribution is 0.747. The molecule has 1 saturated heterocycles. The molecule has 1 aromatic carbocycles. The monoisotopic (exact) mass is 296 g/mol. The first-order valence-corrected chi connectivity index (χ1v) is 9.16. The van der Waals surface area contributed by atoms with Gasteiger partial charge in [0.15, 0.2) is 4.34 Å². The molecule has 1 aliphatic heterocycles. The third kappa shape index (κ3) is 2.63. The van der Waals surface area contributed by atoms with E-state index in [4.69, 9.17) is 0 Å². The molecule has 0 saturated carbocycles. The second kappa shape index (κ2) is 5.31. The molecule has 0 spiro atoms. The van der Waals surface area contributed by atoms with Gasteiger partial charge < -0.3 is 5.32 Å². The van der Waals surface area contributed by atoms with Gasteiger partial charge in [0.2, 0.25) is 0 Å². The largest absolute Gasteiger partial charge is 0.381 e. The van der Waals surface area contributed by atoms with E-state index in [0.717, 1.165) is 15.1 Å². The number of benzene rings is 1. The molecule has 18 heavy (non-hydrogen) atoms. The van der Waals surface area contributed by atoms with Crippen molar-refractivity contribution in [3.63, 3.8) is 0 Å². The third-order valence-electron chi connectivity index (χ3n) is 3.11. The summed E-state index contributed by atoms with van der Waals surface area (Å²) in [6.07, 6.45) is 3.34. The molecule has 96 valence electrons. The van der Waals surface area contributed by atoms with E-state index >= 15 is 0 Å². The van der Waals surface area contributed by atoms with E-state index in [9.17, 15) is 0 Å². The zero-order chi connectivity index (χ0) is 12.5. The van der Waals surface area contributed by atoms with Gasteiger partial charge in [-0.3, -0.25) is 0 Å². The van der Waals surface area contributed by atoms with Gasteiger partial charge in [0.25, 0.3) is 0 Å². The molecule has 0 radical (unpaired) electrons. The van der Waals surface area contributed by atoms with E-state index in [2.05, 4.69) is 53.4 Å². The number of fused-ring (bicyclic) bond motifs is 1. The molecule has 2 aromatic rings. The SMILES string of the molecule is CSc1nc2ccc(NC3CSC(C)C3)cc2s1. The predicted octanol–water partition coefficient (Wildman–Crippen LogP) is 4.32. The molecule has 0 aliphatic carbocycles. The van der Waals surface area contributed by atoms with Gasteiger partial charge in [-0.15, -0.1) is 11.3 Å². The Morgan fingerprint density at radius 1 is 1.44 bits per heavy atom. The van der Waals surface area contributed by atoms with Crippen LogP contribution in [0.2, 0.25) is 0 Å². The van der Waals surface area contributed by atoms with Gasteiger partial charge in [-0.05, 0) is 30.9 Å². The molecule has 3 rings (SSSR count). The van der Waals surface area contributed by atoms with Crippen molar-refractivity contribution < 1.29 is 0 Å². The Bertz CT molecular complexity index is 552. The van der Waals surface area contributed by atoms with Crippen molar-refractivity contribution in [3.05, 3.63) is 18.2 Å². The Balaban J connectivity index is 1.80. The Morgan fingerprint density at radius 3 is 3.06 bits per heavy atom. The molecular weight excluding hydrogens is 280 g/mol. The summed E-state index contributed by atoms with van der Waals surface area (Å²) >= 11 is 5.55. The summed E-state index contributed by atoms with van der Waals surface area (Å²) in [5.74, 6) is 1.22. The second-order valence-corrected chi connectivity index (χ2v) is 8.14. The van der Waals surface area contributed by atoms with Gasteiger partial charge in [0.05, 0.1) is 10.2 Å². The van der Waals surface area contributed by atoms with Crippen LogP contribution in [0.25, 0.3) is 10.2 Å². The number of aromatic nitrogens is 1. The summed E-state index contributed by atoms with van der Waals surface area (Å²) in [6.45, 7) is 2.31. The minimum absolute atomic E-state index is 0.621. The average Bonchev–Trinajstić information content (AvgIpc) is 2.94. The van der Waals surface area contributed by atoms with Crippen LogP contribution in [0.15, 0.2) is 22.5 Å². The smallest absolute Gasteiger partial charge is 0.150 e. The number of thiazole rings is 1. The minimum atomic E-state index is 0.621. The van der Waals surface area contributed by atoms with Gasteiger partial charge >= 0.3 is 0 Å². The lowest BCUT2D eigenvalue weighted by Crippen LogP contribution is -2.18. The lowest BCUT2D eigenvalue weighted by Gasteiger charge is -2.12. The topological polar surface area (TPSA) is 24.9 Å². The van der Waals surface area contributed by atoms with Crippen LogP contribution in [-0.4, -0.2) is 28.3 Å². The lowest BCUT2D eigenvalue weighted by atomic mass is 10.2. The van der Waals surface area contributed by atoms with Gasteiger partial charge in [-0.1, -0.05) is 18.7 Å². The molecule has 2 nitrogen and oxygen atoms in total. The molecule has 1 aromatic heterocycles. The van der Waals surface area contributed by atoms with E-state index in [1.165, 1.54) is 22.6 Å². The highest BCUT2D eigenvalue weighted by molar-refractivity contribution is 8.00. The summed E-state index contributed by atoms with van der Waals surface area (Å²) in [6, 6.07) is 7.13. The van der Waals surface area contributed by atoms with Crippen LogP contribution in [0.3, 0.4) is 0 Å². The van der Waals surface area contributed by atoms with E-state index in [1.807, 2.05) is 0 Å². The first kappa shape index (κ1) is 12.6. The Hall–Kier alpha value is -0.390. The van der Waals surface area contributed by atoms with E-state index < -0.39 is 0 Å². The fourth-order valence-corrected chi connectivity index (χ4v) is 4.91. The maximum atomic E-state index is 4.57. The van der Waals surface area contributed by atoms with Crippen molar-refractivity contribution in [2.45, 2.75) is 29.0 Å². The fourth-order valence-electron chi connectivity index (χ4n) is 2.23. The summed E-state index contributed by atoms with van der Waals surface area (Å²) in [5.41, 5.74) is 2.35. The normalized spacial score (nSPS) is 23.7. The molecule has 1 aliphatic rings. The Kier molecular flexibility index (Phi) is 3.73. The highest BCUT2D eigenvalue weighted by Gasteiger charge is 2.21. The van der Waals surface area contributed by atoms with Crippen molar-refractivity contribution in [3.8, 4) is 0 Å². The first-order chi connectivity index (χ1) is 8.74. The zero-order valence-corrected chi connectivity index (χ0v) is 12.9. The van der Waals surface area contributed by atoms with Crippen molar-refractivity contribution in [2.75, 3.05) is 17.3 Å². The molecule has 0 amide bonds. The molecule has 2 heterocycles. The second-order valence-electron chi connectivity index (χ2n) is 4.59. The number of thioether (sulfide) groups is 2. The standard InChI is InChI=1S/C13H16N2S3/c1-8-5-10(7-17-8)14-9-3-4-11-12(6-9)18-13(15-11)16-2/h3-4,6,8,10,14H,5,7H2,1-2H3. The van der Waals surface area contributed by atoms with E-state index in [0.29, 0.717) is 6.04 Å². The van der Waals surface area contributed by atoms with Crippen LogP contribution in [0.1, 0.15) is 13.3 Å². The maximum Gasteiger partial charge on any atom is 0.150 e. The van der Waals surface area contributed by atoms with Crippen LogP contribution in [0, 0.1) is 0 Å². The zero-order valence-electron chi connectivity index (χ0n) is 10.5. The first-order valence-electron chi connectivity index (χ1n) is 6.07. The summed E-state index contributed by atoms with van der Waals surface area (Å²) in [4.78, 5) is 4.57. The highest BCUT2D eigenvalue weighted by atomic mass is 32.2. The van der Waals surface area contributed by atoms with Crippen LogP contribution >= 0.6 is 34.9 Å². The molecule has 1 fully saturated rings. The molecule has 2 unspecified atom stereocenters. The molecule has 5 heteroatoms. The van der Waals surface area contributed by atoms with Crippen LogP contribution in [0.5, 0.6) is 0 Å². The quantitative estimate of drug-likeness (QED) is 0.853. The summed E-state index contributed by atoms with van der Waals surface area (Å²) in [7, 11) is 0. The Morgan fingerprint density at radius 2 is 2.33 bits per heavy atom. The van der Waals surface area contributed by atoms with Crippen LogP contribution in [0.4, 0.5) is 5.69 Å². The van der Waals surface area contributed by atoms with Gasteiger partial charge in [-0.2, -0.15) is 11.8 Å². The number of hydrogen-bond donors (Lipinski definition) is 1. The van der Waals surface area contributed by atoms with Crippen molar-refractivity contribution in [2.24, 2.45) is 0 Å². The van der Waals surface area contributed by atoms with Crippen LogP contribution in [-0.2, 0) is 0 Å². The third-order valence-corrected chi connectivity index (χ3v) is 6.47. The minimum Gasteiger partial charge on any atom is -0.381 e. The number of anilines is 1. The average molecular weight is 296 g/mol. The number of rotatable bonds is 3. The van der Waals surface area contributed by atoms with Crippen LogP contribution < -0.4 is 5.32 Å². The van der Waals surface area contributed by atoms with E-state index in [1.54, 1.807) is 23.1 Å². The van der Waals surface area contributed by atoms with Crippen molar-refractivity contribution in [1.29, 1.82) is 0 Å². The maximum absolute atomic E-state index is 4.57. The molecule has 2 atom stereocenters. The van der Waals surface area contributed by atoms with E-state index in [-0.39, 0.29) is 0 Å².